The quantitative estimate of drug-likeness (QED) is 0.823. The van der Waals surface area contributed by atoms with Gasteiger partial charge in [-0.2, -0.15) is 0 Å². The van der Waals surface area contributed by atoms with Crippen LogP contribution in [-0.4, -0.2) is 42.7 Å². The fourth-order valence-electron chi connectivity index (χ4n) is 2.49. The van der Waals surface area contributed by atoms with E-state index in [1.54, 1.807) is 7.11 Å². The van der Waals surface area contributed by atoms with Crippen molar-refractivity contribution in [2.24, 2.45) is 5.73 Å². The SMILES string of the molecule is COc1ccc2c(c1)CCN(C)C2C(N)C(=O)O. The largest absolute Gasteiger partial charge is 0.497 e. The molecule has 98 valence electrons. The molecule has 1 aromatic rings. The average Bonchev–Trinajstić information content (AvgIpc) is 2.37. The van der Waals surface area contributed by atoms with Crippen molar-refractivity contribution in [3.05, 3.63) is 29.3 Å². The summed E-state index contributed by atoms with van der Waals surface area (Å²) in [5, 5.41) is 9.10. The Bertz CT molecular complexity index is 462. The molecule has 1 aliphatic rings. The maximum atomic E-state index is 11.1. The van der Waals surface area contributed by atoms with Crippen LogP contribution in [0.2, 0.25) is 0 Å². The van der Waals surface area contributed by atoms with Crippen molar-refractivity contribution in [1.82, 2.24) is 4.90 Å². The molecule has 3 N–H and O–H groups in total. The van der Waals surface area contributed by atoms with E-state index in [4.69, 9.17) is 15.6 Å². The van der Waals surface area contributed by atoms with Gasteiger partial charge in [0.25, 0.3) is 0 Å². The number of nitrogens with two attached hydrogens (primary N) is 1. The van der Waals surface area contributed by atoms with Crippen LogP contribution in [-0.2, 0) is 11.2 Å². The molecule has 0 spiro atoms. The molecule has 5 nitrogen and oxygen atoms in total. The lowest BCUT2D eigenvalue weighted by Crippen LogP contribution is -2.47. The van der Waals surface area contributed by atoms with E-state index < -0.39 is 12.0 Å². The molecule has 18 heavy (non-hydrogen) atoms. The maximum absolute atomic E-state index is 11.1. The van der Waals surface area contributed by atoms with E-state index in [-0.39, 0.29) is 6.04 Å². The van der Waals surface area contributed by atoms with Gasteiger partial charge in [-0.25, -0.2) is 0 Å². The second kappa shape index (κ2) is 4.96. The first-order chi connectivity index (χ1) is 8.54. The van der Waals surface area contributed by atoms with E-state index in [9.17, 15) is 4.79 Å². The van der Waals surface area contributed by atoms with Crippen LogP contribution in [0.4, 0.5) is 0 Å². The fourth-order valence-corrected chi connectivity index (χ4v) is 2.49. The van der Waals surface area contributed by atoms with Crippen LogP contribution in [0.25, 0.3) is 0 Å². The first-order valence-electron chi connectivity index (χ1n) is 5.90. The number of carboxylic acids is 1. The molecule has 0 saturated heterocycles. The van der Waals surface area contributed by atoms with Gasteiger partial charge in [0.2, 0.25) is 0 Å². The highest BCUT2D eigenvalue weighted by molar-refractivity contribution is 5.74. The summed E-state index contributed by atoms with van der Waals surface area (Å²) in [5.41, 5.74) is 7.90. The van der Waals surface area contributed by atoms with Gasteiger partial charge in [0.1, 0.15) is 11.8 Å². The number of aliphatic carboxylic acids is 1. The molecule has 0 aliphatic carbocycles. The number of likely N-dealkylation sites (N-methyl/N-ethyl adjacent to an activating group) is 1. The number of nitrogens with zero attached hydrogens (tertiary/aromatic N) is 1. The van der Waals surface area contributed by atoms with Crippen molar-refractivity contribution in [2.45, 2.75) is 18.5 Å². The number of carboxylic acid groups (broad SMARTS) is 1. The van der Waals surface area contributed by atoms with E-state index in [0.717, 1.165) is 29.8 Å². The summed E-state index contributed by atoms with van der Waals surface area (Å²) < 4.78 is 5.19. The van der Waals surface area contributed by atoms with E-state index in [0.29, 0.717) is 0 Å². The Morgan fingerprint density at radius 1 is 1.61 bits per heavy atom. The molecule has 5 heteroatoms. The smallest absolute Gasteiger partial charge is 0.322 e. The number of hydrogen-bond donors (Lipinski definition) is 2. The van der Waals surface area contributed by atoms with E-state index in [2.05, 4.69) is 0 Å². The van der Waals surface area contributed by atoms with Gasteiger partial charge in [0.05, 0.1) is 13.2 Å². The number of rotatable bonds is 3. The first-order valence-corrected chi connectivity index (χ1v) is 5.90. The Kier molecular flexibility index (Phi) is 3.54. The maximum Gasteiger partial charge on any atom is 0.322 e. The summed E-state index contributed by atoms with van der Waals surface area (Å²) in [6.45, 7) is 0.797. The minimum atomic E-state index is -0.976. The standard InChI is InChI=1S/C13H18N2O3/c1-15-6-5-8-7-9(18-2)3-4-10(8)12(15)11(14)13(16)17/h3-4,7,11-12H,5-6,14H2,1-2H3,(H,16,17). The third kappa shape index (κ3) is 2.19. The Labute approximate surface area is 106 Å². The van der Waals surface area contributed by atoms with Crippen molar-refractivity contribution in [1.29, 1.82) is 0 Å². The molecule has 0 saturated carbocycles. The van der Waals surface area contributed by atoms with E-state index in [1.807, 2.05) is 30.1 Å². The molecule has 0 amide bonds. The van der Waals surface area contributed by atoms with Crippen LogP contribution >= 0.6 is 0 Å². The van der Waals surface area contributed by atoms with Crippen LogP contribution in [0.3, 0.4) is 0 Å². The van der Waals surface area contributed by atoms with Crippen molar-refractivity contribution in [2.75, 3.05) is 20.7 Å². The number of hydrogen-bond acceptors (Lipinski definition) is 4. The van der Waals surface area contributed by atoms with Gasteiger partial charge in [0.15, 0.2) is 0 Å². The third-order valence-corrected chi connectivity index (χ3v) is 3.50. The first kappa shape index (κ1) is 12.9. The predicted molar refractivity (Wildman–Crippen MR) is 67.7 cm³/mol. The topological polar surface area (TPSA) is 75.8 Å². The van der Waals surface area contributed by atoms with Crippen molar-refractivity contribution < 1.29 is 14.6 Å². The molecule has 0 radical (unpaired) electrons. The van der Waals surface area contributed by atoms with Crippen LogP contribution in [0.15, 0.2) is 18.2 Å². The zero-order valence-electron chi connectivity index (χ0n) is 10.6. The van der Waals surface area contributed by atoms with Crippen molar-refractivity contribution in [3.8, 4) is 5.75 Å². The third-order valence-electron chi connectivity index (χ3n) is 3.50. The van der Waals surface area contributed by atoms with Crippen LogP contribution in [0.5, 0.6) is 5.75 Å². The van der Waals surface area contributed by atoms with Gasteiger partial charge in [-0.05, 0) is 36.7 Å². The van der Waals surface area contributed by atoms with Gasteiger partial charge >= 0.3 is 5.97 Å². The molecule has 0 bridgehead atoms. The van der Waals surface area contributed by atoms with Gasteiger partial charge in [-0.1, -0.05) is 6.07 Å². The molecule has 2 unspecified atom stereocenters. The Morgan fingerprint density at radius 3 is 2.94 bits per heavy atom. The van der Waals surface area contributed by atoms with Gasteiger partial charge < -0.3 is 15.6 Å². The highest BCUT2D eigenvalue weighted by Crippen LogP contribution is 2.32. The lowest BCUT2D eigenvalue weighted by molar-refractivity contribution is -0.140. The van der Waals surface area contributed by atoms with Crippen LogP contribution < -0.4 is 10.5 Å². The Balaban J connectivity index is 2.41. The summed E-state index contributed by atoms with van der Waals surface area (Å²) in [7, 11) is 3.53. The molecule has 0 aromatic heterocycles. The number of fused-ring (bicyclic) bond motifs is 1. The molecule has 0 fully saturated rings. The minimum absolute atomic E-state index is 0.280. The molecule has 2 atom stereocenters. The summed E-state index contributed by atoms with van der Waals surface area (Å²) in [6.07, 6.45) is 0.881. The Morgan fingerprint density at radius 2 is 2.33 bits per heavy atom. The number of benzene rings is 1. The molecular formula is C13H18N2O3. The van der Waals surface area contributed by atoms with Gasteiger partial charge in [0, 0.05) is 6.54 Å². The van der Waals surface area contributed by atoms with E-state index >= 15 is 0 Å². The van der Waals surface area contributed by atoms with Crippen molar-refractivity contribution in [3.63, 3.8) is 0 Å². The number of methoxy groups -OCH3 is 1. The van der Waals surface area contributed by atoms with Crippen molar-refractivity contribution >= 4 is 5.97 Å². The highest BCUT2D eigenvalue weighted by atomic mass is 16.5. The molecule has 2 rings (SSSR count). The fraction of sp³-hybridized carbons (Fsp3) is 0.462. The molecular weight excluding hydrogens is 232 g/mol. The summed E-state index contributed by atoms with van der Waals surface area (Å²) in [4.78, 5) is 13.1. The predicted octanol–water partition coefficient (Wildman–Crippen LogP) is 0.636. The summed E-state index contributed by atoms with van der Waals surface area (Å²) in [6, 6.07) is 4.53. The summed E-state index contributed by atoms with van der Waals surface area (Å²) in [5.74, 6) is -0.184. The molecule has 1 heterocycles. The zero-order chi connectivity index (χ0) is 13.3. The second-order valence-corrected chi connectivity index (χ2v) is 4.60. The normalized spacial score (nSPS) is 21.2. The lowest BCUT2D eigenvalue weighted by atomic mass is 9.88. The zero-order valence-corrected chi connectivity index (χ0v) is 10.6. The van der Waals surface area contributed by atoms with Gasteiger partial charge in [-0.15, -0.1) is 0 Å². The second-order valence-electron chi connectivity index (χ2n) is 4.60. The molecule has 1 aromatic carbocycles. The average molecular weight is 250 g/mol. The number of carbonyl (C=O) groups is 1. The van der Waals surface area contributed by atoms with Crippen LogP contribution in [0, 0.1) is 0 Å². The lowest BCUT2D eigenvalue weighted by Gasteiger charge is -2.36. The Hall–Kier alpha value is -1.59. The summed E-state index contributed by atoms with van der Waals surface area (Å²) >= 11 is 0. The highest BCUT2D eigenvalue weighted by Gasteiger charge is 2.33. The monoisotopic (exact) mass is 250 g/mol. The molecule has 1 aliphatic heterocycles. The van der Waals surface area contributed by atoms with Crippen LogP contribution in [0.1, 0.15) is 17.2 Å². The number of ether oxygens (including phenoxy) is 1. The van der Waals surface area contributed by atoms with Gasteiger partial charge in [-0.3, -0.25) is 9.69 Å². The minimum Gasteiger partial charge on any atom is -0.497 e. The van der Waals surface area contributed by atoms with E-state index in [1.165, 1.54) is 0 Å².